The summed E-state index contributed by atoms with van der Waals surface area (Å²) in [7, 11) is 0. The first kappa shape index (κ1) is 30.0. The van der Waals surface area contributed by atoms with Crippen LogP contribution in [0.15, 0.2) is 205 Å². The molecule has 0 aliphatic heterocycles. The number of para-hydroxylation sites is 2. The first-order valence-electron chi connectivity index (χ1n) is 17.8. The van der Waals surface area contributed by atoms with Crippen molar-refractivity contribution in [2.24, 2.45) is 0 Å². The lowest BCUT2D eigenvalue weighted by atomic mass is 9.91. The summed E-state index contributed by atoms with van der Waals surface area (Å²) in [6.07, 6.45) is 0. The molecule has 1 aromatic heterocycles. The fraction of sp³-hybridized carbons (Fsp3) is 0. The number of hydrogen-bond acceptors (Lipinski definition) is 2. The van der Waals surface area contributed by atoms with Gasteiger partial charge in [0.05, 0.1) is 0 Å². The van der Waals surface area contributed by atoms with E-state index in [2.05, 4.69) is 199 Å². The van der Waals surface area contributed by atoms with E-state index >= 15 is 0 Å². The van der Waals surface area contributed by atoms with Crippen molar-refractivity contribution in [1.29, 1.82) is 0 Å². The van der Waals surface area contributed by atoms with Crippen molar-refractivity contribution in [2.45, 2.75) is 0 Å². The quantitative estimate of drug-likeness (QED) is 0.176. The van der Waals surface area contributed by atoms with Gasteiger partial charge in [-0.2, -0.15) is 0 Å². The molecule has 10 rings (SSSR count). The average Bonchev–Trinajstić information content (AvgIpc) is 3.60. The van der Waals surface area contributed by atoms with Crippen LogP contribution in [0.5, 0.6) is 0 Å². The van der Waals surface area contributed by atoms with E-state index < -0.39 is 0 Å². The summed E-state index contributed by atoms with van der Waals surface area (Å²) in [6, 6.07) is 71.6. The van der Waals surface area contributed by atoms with Crippen LogP contribution in [0.2, 0.25) is 0 Å². The molecule has 0 fully saturated rings. The number of nitrogens with zero attached hydrogens (tertiary/aromatic N) is 1. The lowest BCUT2D eigenvalue weighted by Crippen LogP contribution is -2.09. The first-order chi connectivity index (χ1) is 25.8. The number of furan rings is 1. The van der Waals surface area contributed by atoms with Gasteiger partial charge in [-0.3, -0.25) is 0 Å². The molecule has 0 atom stereocenters. The van der Waals surface area contributed by atoms with Gasteiger partial charge in [0, 0.05) is 27.8 Å². The maximum Gasteiger partial charge on any atom is 0.136 e. The van der Waals surface area contributed by atoms with Gasteiger partial charge in [0.25, 0.3) is 0 Å². The molecule has 0 radical (unpaired) electrons. The fourth-order valence-corrected chi connectivity index (χ4v) is 7.76. The normalized spacial score (nSPS) is 11.5. The van der Waals surface area contributed by atoms with Gasteiger partial charge in [-0.1, -0.05) is 152 Å². The number of fused-ring (bicyclic) bond motifs is 6. The molecule has 52 heavy (non-hydrogen) atoms. The fourth-order valence-electron chi connectivity index (χ4n) is 7.76. The second kappa shape index (κ2) is 12.5. The zero-order valence-electron chi connectivity index (χ0n) is 28.4. The molecule has 10 aromatic rings. The summed E-state index contributed by atoms with van der Waals surface area (Å²) in [6.45, 7) is 0. The van der Waals surface area contributed by atoms with E-state index in [0.29, 0.717) is 0 Å². The maximum absolute atomic E-state index is 6.52. The van der Waals surface area contributed by atoms with Crippen LogP contribution >= 0.6 is 0 Å². The Labute approximate surface area is 302 Å². The molecule has 2 heteroatoms. The average molecular weight is 664 g/mol. The Hall–Kier alpha value is -6.90. The van der Waals surface area contributed by atoms with E-state index in [1.54, 1.807) is 0 Å². The Morgan fingerprint density at radius 1 is 0.308 bits per heavy atom. The summed E-state index contributed by atoms with van der Waals surface area (Å²) in [5.41, 5.74) is 12.3. The SMILES string of the molecule is c1ccc(-c2ccc(-c3ccc(N(c4ccccc4)c4ccc5c(c4)c(-c4cccc6ccccc46)cc4oc6ccccc6c45)cc3)cc2)cc1. The zero-order chi connectivity index (χ0) is 34.4. The third-order valence-corrected chi connectivity index (χ3v) is 10.3. The number of hydrogen-bond donors (Lipinski definition) is 0. The maximum atomic E-state index is 6.52. The highest BCUT2D eigenvalue weighted by Crippen LogP contribution is 2.45. The Morgan fingerprint density at radius 2 is 0.865 bits per heavy atom. The van der Waals surface area contributed by atoms with Gasteiger partial charge in [0.1, 0.15) is 11.2 Å². The largest absolute Gasteiger partial charge is 0.456 e. The molecule has 0 N–H and O–H groups in total. The van der Waals surface area contributed by atoms with Crippen LogP contribution in [0.3, 0.4) is 0 Å². The highest BCUT2D eigenvalue weighted by molar-refractivity contribution is 6.23. The molecule has 0 aliphatic carbocycles. The van der Waals surface area contributed by atoms with Crippen molar-refractivity contribution in [2.75, 3.05) is 4.90 Å². The summed E-state index contributed by atoms with van der Waals surface area (Å²) in [5, 5.41) is 7.08. The predicted octanol–water partition coefficient (Wildman–Crippen LogP) is 14.4. The first-order valence-corrected chi connectivity index (χ1v) is 17.8. The molecule has 9 aromatic carbocycles. The highest BCUT2D eigenvalue weighted by Gasteiger charge is 2.19. The molecule has 2 nitrogen and oxygen atoms in total. The van der Waals surface area contributed by atoms with E-state index in [-0.39, 0.29) is 0 Å². The Morgan fingerprint density at radius 3 is 1.62 bits per heavy atom. The second-order valence-electron chi connectivity index (χ2n) is 13.3. The number of benzene rings is 9. The monoisotopic (exact) mass is 663 g/mol. The number of anilines is 3. The third kappa shape index (κ3) is 5.12. The molecule has 0 bridgehead atoms. The topological polar surface area (TPSA) is 16.4 Å². The van der Waals surface area contributed by atoms with E-state index in [1.165, 1.54) is 49.4 Å². The lowest BCUT2D eigenvalue weighted by molar-refractivity contribution is 0.669. The van der Waals surface area contributed by atoms with E-state index in [1.807, 2.05) is 6.07 Å². The van der Waals surface area contributed by atoms with Gasteiger partial charge < -0.3 is 9.32 Å². The van der Waals surface area contributed by atoms with Crippen molar-refractivity contribution in [3.05, 3.63) is 200 Å². The lowest BCUT2D eigenvalue weighted by Gasteiger charge is -2.26. The van der Waals surface area contributed by atoms with Crippen LogP contribution in [-0.2, 0) is 0 Å². The molecule has 0 amide bonds. The van der Waals surface area contributed by atoms with Gasteiger partial charge in [0.15, 0.2) is 0 Å². The molecule has 0 saturated carbocycles. The Bertz CT molecular complexity index is 2870. The summed E-state index contributed by atoms with van der Waals surface area (Å²) in [4.78, 5) is 2.35. The van der Waals surface area contributed by atoms with Crippen molar-refractivity contribution in [3.63, 3.8) is 0 Å². The standard InChI is InChI=1S/C50H33NO/c1-3-12-34(13-4-1)35-22-24-36(25-23-35)37-26-28-40(29-27-37)51(39-16-5-2-6-17-39)41-30-31-44-46(32-41)47(43-20-11-15-38-14-7-8-18-42(38)43)33-49-50(44)45-19-9-10-21-48(45)52-49/h1-33H. The molecular weight excluding hydrogens is 631 g/mol. The van der Waals surface area contributed by atoms with Gasteiger partial charge in [-0.15, -0.1) is 0 Å². The van der Waals surface area contributed by atoms with Crippen molar-refractivity contribution < 1.29 is 4.42 Å². The van der Waals surface area contributed by atoms with E-state index in [4.69, 9.17) is 4.42 Å². The van der Waals surface area contributed by atoms with Gasteiger partial charge in [-0.25, -0.2) is 0 Å². The van der Waals surface area contributed by atoms with Crippen molar-refractivity contribution in [3.8, 4) is 33.4 Å². The minimum absolute atomic E-state index is 0.900. The molecule has 0 saturated heterocycles. The summed E-state index contributed by atoms with van der Waals surface area (Å²) >= 11 is 0. The van der Waals surface area contributed by atoms with Crippen molar-refractivity contribution >= 4 is 60.5 Å². The molecule has 0 spiro atoms. The van der Waals surface area contributed by atoms with Crippen LogP contribution in [-0.4, -0.2) is 0 Å². The van der Waals surface area contributed by atoms with E-state index in [9.17, 15) is 0 Å². The van der Waals surface area contributed by atoms with Crippen LogP contribution in [0, 0.1) is 0 Å². The molecule has 1 heterocycles. The number of rotatable bonds is 6. The minimum atomic E-state index is 0.900. The highest BCUT2D eigenvalue weighted by atomic mass is 16.3. The predicted molar refractivity (Wildman–Crippen MR) is 220 cm³/mol. The molecule has 0 aliphatic rings. The van der Waals surface area contributed by atoms with Gasteiger partial charge in [0.2, 0.25) is 0 Å². The van der Waals surface area contributed by atoms with Crippen LogP contribution < -0.4 is 4.90 Å². The van der Waals surface area contributed by atoms with Gasteiger partial charge in [-0.05, 0) is 103 Å². The molecular formula is C50H33NO. The summed E-state index contributed by atoms with van der Waals surface area (Å²) in [5.74, 6) is 0. The van der Waals surface area contributed by atoms with Crippen LogP contribution in [0.1, 0.15) is 0 Å². The Kier molecular flexibility index (Phi) is 7.18. The van der Waals surface area contributed by atoms with Gasteiger partial charge >= 0.3 is 0 Å². The Balaban J connectivity index is 1.14. The third-order valence-electron chi connectivity index (χ3n) is 10.3. The van der Waals surface area contributed by atoms with Crippen LogP contribution in [0.4, 0.5) is 17.1 Å². The molecule has 0 unspecified atom stereocenters. The van der Waals surface area contributed by atoms with E-state index in [0.717, 1.165) is 44.6 Å². The smallest absolute Gasteiger partial charge is 0.136 e. The minimum Gasteiger partial charge on any atom is -0.456 e. The molecule has 244 valence electrons. The van der Waals surface area contributed by atoms with Crippen molar-refractivity contribution in [1.82, 2.24) is 0 Å². The van der Waals surface area contributed by atoms with Crippen LogP contribution in [0.25, 0.3) is 76.9 Å². The zero-order valence-corrected chi connectivity index (χ0v) is 28.4. The second-order valence-corrected chi connectivity index (χ2v) is 13.3. The summed E-state index contributed by atoms with van der Waals surface area (Å²) < 4.78 is 6.52.